The lowest BCUT2D eigenvalue weighted by atomic mass is 10.0. The monoisotopic (exact) mass is 392 g/mol. The van der Waals surface area contributed by atoms with Gasteiger partial charge in [-0.25, -0.2) is 14.4 Å². The summed E-state index contributed by atoms with van der Waals surface area (Å²) >= 11 is 0. The maximum Gasteiger partial charge on any atom is 0.337 e. The number of rotatable bonds is 7. The zero-order valence-corrected chi connectivity index (χ0v) is 14.9. The molecule has 0 aliphatic carbocycles. The Morgan fingerprint density at radius 1 is 0.586 bits per heavy atom. The fraction of sp³-hybridized carbons (Fsp3) is 0. The number of hydrogen-bond acceptors (Lipinski definition) is 5. The molecule has 0 unspecified atom stereocenters. The minimum absolute atomic E-state index is 0.0663. The number of hydrogen-bond donors (Lipinski definition) is 5. The van der Waals surface area contributed by atoms with Gasteiger partial charge < -0.3 is 26.0 Å². The summed E-state index contributed by atoms with van der Waals surface area (Å²) in [6.07, 6.45) is 0. The maximum atomic E-state index is 11.7. The Morgan fingerprint density at radius 2 is 1.03 bits per heavy atom. The van der Waals surface area contributed by atoms with Gasteiger partial charge in [0.2, 0.25) is 0 Å². The second-order valence-corrected chi connectivity index (χ2v) is 6.05. The highest BCUT2D eigenvalue weighted by Crippen LogP contribution is 2.30. The maximum absolute atomic E-state index is 11.7. The van der Waals surface area contributed by atoms with Crippen LogP contribution in [0.4, 0.5) is 22.7 Å². The summed E-state index contributed by atoms with van der Waals surface area (Å²) in [5, 5.41) is 33.9. The van der Waals surface area contributed by atoms with Gasteiger partial charge in [0.1, 0.15) is 0 Å². The number of nitrogens with one attached hydrogen (secondary N) is 2. The lowest BCUT2D eigenvalue weighted by Crippen LogP contribution is -2.09. The van der Waals surface area contributed by atoms with Crippen LogP contribution in [0.25, 0.3) is 0 Å². The van der Waals surface area contributed by atoms with Crippen LogP contribution in [0.15, 0.2) is 66.7 Å². The minimum atomic E-state index is -1.25. The van der Waals surface area contributed by atoms with Crippen LogP contribution in [0.3, 0.4) is 0 Å². The highest BCUT2D eigenvalue weighted by atomic mass is 16.4. The molecule has 5 N–H and O–H groups in total. The van der Waals surface area contributed by atoms with Crippen molar-refractivity contribution in [2.45, 2.75) is 0 Å². The first-order valence-electron chi connectivity index (χ1n) is 8.42. The molecule has 0 heterocycles. The largest absolute Gasteiger partial charge is 0.478 e. The van der Waals surface area contributed by atoms with Gasteiger partial charge in [-0.3, -0.25) is 0 Å². The Hall–Kier alpha value is -4.33. The van der Waals surface area contributed by atoms with E-state index >= 15 is 0 Å². The van der Waals surface area contributed by atoms with Crippen LogP contribution in [0.1, 0.15) is 31.1 Å². The van der Waals surface area contributed by atoms with Crippen LogP contribution >= 0.6 is 0 Å². The first-order valence-corrected chi connectivity index (χ1v) is 8.42. The predicted octanol–water partition coefficient (Wildman–Crippen LogP) is 4.27. The van der Waals surface area contributed by atoms with E-state index in [4.69, 9.17) is 5.11 Å². The number of anilines is 4. The average molecular weight is 392 g/mol. The molecule has 3 rings (SSSR count). The fourth-order valence-electron chi connectivity index (χ4n) is 2.69. The molecule has 0 amide bonds. The van der Waals surface area contributed by atoms with E-state index in [0.29, 0.717) is 11.4 Å². The van der Waals surface area contributed by atoms with Gasteiger partial charge in [0.05, 0.1) is 28.1 Å². The van der Waals surface area contributed by atoms with Crippen molar-refractivity contribution in [2.24, 2.45) is 0 Å². The number of aromatic carboxylic acids is 3. The third-order valence-electron chi connectivity index (χ3n) is 4.08. The van der Waals surface area contributed by atoms with Crippen molar-refractivity contribution in [2.75, 3.05) is 10.6 Å². The first-order chi connectivity index (χ1) is 13.8. The van der Waals surface area contributed by atoms with Crippen LogP contribution in [0.2, 0.25) is 0 Å². The standard InChI is InChI=1S/C21H16N2O6/c24-19(25)12-6-8-14(9-7-12)23-18-11-15(20(26)27)17(10-16(18)21(28)29)22-13-4-2-1-3-5-13/h1-11,22-23H,(H,24,25)(H,26,27)(H,28,29). The Morgan fingerprint density at radius 3 is 1.45 bits per heavy atom. The Kier molecular flexibility index (Phi) is 5.45. The van der Waals surface area contributed by atoms with E-state index in [1.807, 2.05) is 0 Å². The first kappa shape index (κ1) is 19.4. The van der Waals surface area contributed by atoms with Gasteiger partial charge in [-0.15, -0.1) is 0 Å². The molecule has 0 saturated carbocycles. The highest BCUT2D eigenvalue weighted by molar-refractivity contribution is 6.03. The van der Waals surface area contributed by atoms with Crippen molar-refractivity contribution in [3.63, 3.8) is 0 Å². The van der Waals surface area contributed by atoms with Gasteiger partial charge in [0.25, 0.3) is 0 Å². The van der Waals surface area contributed by atoms with Crippen molar-refractivity contribution >= 4 is 40.7 Å². The minimum Gasteiger partial charge on any atom is -0.478 e. The van der Waals surface area contributed by atoms with Gasteiger partial charge >= 0.3 is 17.9 Å². The van der Waals surface area contributed by atoms with Crippen LogP contribution in [0, 0.1) is 0 Å². The van der Waals surface area contributed by atoms with Gasteiger partial charge in [-0.2, -0.15) is 0 Å². The second-order valence-electron chi connectivity index (χ2n) is 6.05. The number of carboxylic acids is 3. The summed E-state index contributed by atoms with van der Waals surface area (Å²) in [7, 11) is 0. The van der Waals surface area contributed by atoms with Crippen LogP contribution in [0.5, 0.6) is 0 Å². The number of para-hydroxylation sites is 1. The number of carboxylic acid groups (broad SMARTS) is 3. The summed E-state index contributed by atoms with van der Waals surface area (Å²) < 4.78 is 0. The molecule has 29 heavy (non-hydrogen) atoms. The molecule has 0 aromatic heterocycles. The Bertz CT molecular complexity index is 1080. The lowest BCUT2D eigenvalue weighted by Gasteiger charge is -2.15. The van der Waals surface area contributed by atoms with Gasteiger partial charge in [0.15, 0.2) is 0 Å². The van der Waals surface area contributed by atoms with Crippen LogP contribution in [-0.2, 0) is 0 Å². The molecule has 146 valence electrons. The molecular weight excluding hydrogens is 376 g/mol. The summed E-state index contributed by atoms with van der Waals surface area (Å²) in [4.78, 5) is 34.4. The molecule has 0 aliphatic heterocycles. The SMILES string of the molecule is O=C(O)c1ccc(Nc2cc(C(=O)O)c(Nc3ccccc3)cc2C(=O)O)cc1. The van der Waals surface area contributed by atoms with Crippen molar-refractivity contribution in [3.8, 4) is 0 Å². The molecule has 0 radical (unpaired) electrons. The Balaban J connectivity index is 2.02. The summed E-state index contributed by atoms with van der Waals surface area (Å²) in [6.45, 7) is 0. The molecule has 8 nitrogen and oxygen atoms in total. The third-order valence-corrected chi connectivity index (χ3v) is 4.08. The van der Waals surface area contributed by atoms with Crippen molar-refractivity contribution < 1.29 is 29.7 Å². The fourth-order valence-corrected chi connectivity index (χ4v) is 2.69. The summed E-state index contributed by atoms with van der Waals surface area (Å²) in [5.41, 5.74) is 1.03. The molecule has 3 aromatic rings. The van der Waals surface area contributed by atoms with Gasteiger partial charge in [-0.05, 0) is 48.5 Å². The molecule has 3 aromatic carbocycles. The molecule has 0 saturated heterocycles. The van der Waals surface area contributed by atoms with E-state index in [1.165, 1.54) is 36.4 Å². The van der Waals surface area contributed by atoms with E-state index in [0.717, 1.165) is 0 Å². The van der Waals surface area contributed by atoms with Crippen molar-refractivity contribution in [3.05, 3.63) is 83.4 Å². The second kappa shape index (κ2) is 8.13. The summed E-state index contributed by atoms with van der Waals surface area (Å²) in [5.74, 6) is -3.57. The van der Waals surface area contributed by atoms with E-state index < -0.39 is 17.9 Å². The van der Waals surface area contributed by atoms with Crippen molar-refractivity contribution in [1.29, 1.82) is 0 Å². The predicted molar refractivity (Wildman–Crippen MR) is 107 cm³/mol. The number of carbonyl (C=O) groups is 3. The zero-order valence-electron chi connectivity index (χ0n) is 14.9. The molecule has 0 spiro atoms. The third kappa shape index (κ3) is 4.51. The average Bonchev–Trinajstić information content (AvgIpc) is 2.69. The molecule has 0 bridgehead atoms. The quantitative estimate of drug-likeness (QED) is 0.402. The van der Waals surface area contributed by atoms with Crippen molar-refractivity contribution in [1.82, 2.24) is 0 Å². The smallest absolute Gasteiger partial charge is 0.337 e. The molecule has 0 fully saturated rings. The molecule has 0 atom stereocenters. The van der Waals surface area contributed by atoms with E-state index in [1.54, 1.807) is 30.3 Å². The number of benzene rings is 3. The van der Waals surface area contributed by atoms with Gasteiger partial charge in [0, 0.05) is 11.4 Å². The van der Waals surface area contributed by atoms with E-state index in [2.05, 4.69) is 10.6 Å². The summed E-state index contributed by atoms with van der Waals surface area (Å²) in [6, 6.07) is 16.9. The zero-order chi connectivity index (χ0) is 21.0. The highest BCUT2D eigenvalue weighted by Gasteiger charge is 2.19. The van der Waals surface area contributed by atoms with Crippen LogP contribution in [-0.4, -0.2) is 33.2 Å². The lowest BCUT2D eigenvalue weighted by molar-refractivity contribution is 0.0683. The Labute approximate surface area is 165 Å². The topological polar surface area (TPSA) is 136 Å². The molecular formula is C21H16N2O6. The van der Waals surface area contributed by atoms with E-state index in [-0.39, 0.29) is 28.1 Å². The van der Waals surface area contributed by atoms with Gasteiger partial charge in [-0.1, -0.05) is 18.2 Å². The van der Waals surface area contributed by atoms with Crippen LogP contribution < -0.4 is 10.6 Å². The normalized spacial score (nSPS) is 10.2. The molecule has 8 heteroatoms. The molecule has 0 aliphatic rings. The van der Waals surface area contributed by atoms with E-state index in [9.17, 15) is 24.6 Å².